The van der Waals surface area contributed by atoms with Crippen LogP contribution in [-0.2, 0) is 0 Å². The van der Waals surface area contributed by atoms with Crippen LogP contribution < -0.4 is 14.9 Å². The van der Waals surface area contributed by atoms with Gasteiger partial charge in [0.05, 0.1) is 23.1 Å². The second-order valence-electron chi connectivity index (χ2n) is 6.33. The quantitative estimate of drug-likeness (QED) is 0.364. The number of fused-ring (bicyclic) bond motifs is 1. The Morgan fingerprint density at radius 1 is 0.967 bits per heavy atom. The molecule has 7 heteroatoms. The van der Waals surface area contributed by atoms with Crippen molar-refractivity contribution in [3.8, 4) is 22.8 Å². The molecule has 1 heterocycles. The van der Waals surface area contributed by atoms with E-state index in [1.165, 1.54) is 19.2 Å². The Morgan fingerprint density at radius 3 is 2.53 bits per heavy atom. The van der Waals surface area contributed by atoms with Crippen LogP contribution in [-0.4, -0.2) is 13.1 Å². The number of rotatable bonds is 4. The van der Waals surface area contributed by atoms with Crippen LogP contribution in [0.25, 0.3) is 22.3 Å². The lowest BCUT2D eigenvalue weighted by Gasteiger charge is -2.12. The smallest absolute Gasteiger partial charge is 0.343 e. The van der Waals surface area contributed by atoms with Gasteiger partial charge in [0.2, 0.25) is 11.2 Å². The zero-order valence-electron chi connectivity index (χ0n) is 15.6. The third kappa shape index (κ3) is 3.77. The fraction of sp³-hybridized carbons (Fsp3) is 0.0435. The molecule has 0 amide bonds. The van der Waals surface area contributed by atoms with Gasteiger partial charge in [-0.25, -0.2) is 4.79 Å². The molecular weight excluding hydrogens is 427 g/mol. The van der Waals surface area contributed by atoms with E-state index in [0.717, 1.165) is 0 Å². The molecule has 30 heavy (non-hydrogen) atoms. The topological polar surface area (TPSA) is 65.7 Å². The van der Waals surface area contributed by atoms with Gasteiger partial charge in [0.25, 0.3) is 0 Å². The molecule has 0 aliphatic carbocycles. The largest absolute Gasteiger partial charge is 0.497 e. The van der Waals surface area contributed by atoms with Gasteiger partial charge in [0.1, 0.15) is 11.3 Å². The fourth-order valence-electron chi connectivity index (χ4n) is 2.97. The first kappa shape index (κ1) is 20.0. The van der Waals surface area contributed by atoms with Crippen LogP contribution in [0.4, 0.5) is 0 Å². The van der Waals surface area contributed by atoms with E-state index >= 15 is 0 Å². The molecule has 0 bridgehead atoms. The lowest BCUT2D eigenvalue weighted by atomic mass is 10.1. The van der Waals surface area contributed by atoms with Crippen LogP contribution in [0.5, 0.6) is 11.5 Å². The highest BCUT2D eigenvalue weighted by Crippen LogP contribution is 2.36. The zero-order chi connectivity index (χ0) is 21.3. The Bertz CT molecular complexity index is 1330. The summed E-state index contributed by atoms with van der Waals surface area (Å²) in [5.41, 5.74) is 0.386. The summed E-state index contributed by atoms with van der Waals surface area (Å²) in [6.07, 6.45) is 0. The van der Waals surface area contributed by atoms with E-state index < -0.39 is 11.4 Å². The Labute approximate surface area is 181 Å². The van der Waals surface area contributed by atoms with Gasteiger partial charge in [-0.05, 0) is 48.5 Å². The van der Waals surface area contributed by atoms with Crippen molar-refractivity contribution in [1.82, 2.24) is 0 Å². The van der Waals surface area contributed by atoms with Gasteiger partial charge in [-0.15, -0.1) is 0 Å². The number of benzene rings is 3. The van der Waals surface area contributed by atoms with Gasteiger partial charge in [0, 0.05) is 10.6 Å². The SMILES string of the molecule is COc1cccc(C(=O)Oc2c(-c3ccccc3Cl)oc3ccc(Cl)cc3c2=O)c1. The molecule has 3 aromatic carbocycles. The van der Waals surface area contributed by atoms with Gasteiger partial charge < -0.3 is 13.9 Å². The van der Waals surface area contributed by atoms with E-state index in [9.17, 15) is 9.59 Å². The number of hydrogen-bond acceptors (Lipinski definition) is 5. The van der Waals surface area contributed by atoms with Crippen molar-refractivity contribution in [1.29, 1.82) is 0 Å². The Kier molecular flexibility index (Phi) is 5.48. The van der Waals surface area contributed by atoms with Crippen molar-refractivity contribution in [2.75, 3.05) is 7.11 Å². The molecule has 0 spiro atoms. The normalized spacial score (nSPS) is 10.8. The van der Waals surface area contributed by atoms with Crippen LogP contribution in [0.1, 0.15) is 10.4 Å². The van der Waals surface area contributed by atoms with Crippen molar-refractivity contribution in [3.63, 3.8) is 0 Å². The molecule has 0 saturated heterocycles. The molecule has 0 saturated carbocycles. The number of halogens is 2. The Morgan fingerprint density at radius 2 is 1.77 bits per heavy atom. The number of ether oxygens (including phenoxy) is 2. The predicted octanol–water partition coefficient (Wildman–Crippen LogP) is 5.99. The minimum absolute atomic E-state index is 0.0525. The first-order valence-electron chi connectivity index (χ1n) is 8.85. The maximum absolute atomic E-state index is 13.2. The highest BCUT2D eigenvalue weighted by atomic mass is 35.5. The lowest BCUT2D eigenvalue weighted by molar-refractivity contribution is 0.0731. The number of methoxy groups -OCH3 is 1. The van der Waals surface area contributed by atoms with E-state index in [0.29, 0.717) is 26.9 Å². The van der Waals surface area contributed by atoms with Crippen molar-refractivity contribution in [2.24, 2.45) is 0 Å². The van der Waals surface area contributed by atoms with E-state index in [-0.39, 0.29) is 22.5 Å². The van der Waals surface area contributed by atoms with Gasteiger partial charge >= 0.3 is 5.97 Å². The minimum atomic E-state index is -0.740. The fourth-order valence-corrected chi connectivity index (χ4v) is 3.36. The van der Waals surface area contributed by atoms with Crippen LogP contribution in [0, 0.1) is 0 Å². The van der Waals surface area contributed by atoms with Crippen molar-refractivity contribution in [3.05, 3.63) is 92.6 Å². The molecule has 0 aliphatic heterocycles. The standard InChI is InChI=1S/C23H14Cl2O5/c1-28-15-6-4-5-13(11-15)23(27)30-22-20(26)17-12-14(24)9-10-19(17)29-21(22)16-7-2-3-8-18(16)25/h2-12H,1H3. The van der Waals surface area contributed by atoms with Gasteiger partial charge in [-0.1, -0.05) is 41.4 Å². The van der Waals surface area contributed by atoms with Crippen LogP contribution in [0.2, 0.25) is 10.0 Å². The summed E-state index contributed by atoms with van der Waals surface area (Å²) < 4.78 is 16.6. The third-order valence-corrected chi connectivity index (χ3v) is 4.99. The molecule has 0 aliphatic rings. The highest BCUT2D eigenvalue weighted by Gasteiger charge is 2.23. The second-order valence-corrected chi connectivity index (χ2v) is 7.17. The molecule has 0 fully saturated rings. The summed E-state index contributed by atoms with van der Waals surface area (Å²) in [6.45, 7) is 0. The average molecular weight is 441 g/mol. The zero-order valence-corrected chi connectivity index (χ0v) is 17.2. The van der Waals surface area contributed by atoms with Crippen molar-refractivity contribution < 1.29 is 18.7 Å². The first-order valence-corrected chi connectivity index (χ1v) is 9.61. The first-order chi connectivity index (χ1) is 14.5. The van der Waals surface area contributed by atoms with Gasteiger partial charge in [0.15, 0.2) is 5.76 Å². The summed E-state index contributed by atoms with van der Waals surface area (Å²) in [6, 6.07) is 17.8. The third-order valence-electron chi connectivity index (χ3n) is 4.43. The summed E-state index contributed by atoms with van der Waals surface area (Å²) in [5, 5.41) is 0.879. The summed E-state index contributed by atoms with van der Waals surface area (Å²) in [7, 11) is 1.49. The molecule has 0 atom stereocenters. The Hall–Kier alpha value is -3.28. The van der Waals surface area contributed by atoms with E-state index in [1.54, 1.807) is 54.6 Å². The summed E-state index contributed by atoms with van der Waals surface area (Å²) in [5.74, 6) is -0.480. The van der Waals surface area contributed by atoms with Crippen molar-refractivity contribution in [2.45, 2.75) is 0 Å². The minimum Gasteiger partial charge on any atom is -0.497 e. The molecule has 4 rings (SSSR count). The number of carbonyl (C=O) groups excluding carboxylic acids is 1. The molecule has 0 N–H and O–H groups in total. The van der Waals surface area contributed by atoms with Gasteiger partial charge in [-0.2, -0.15) is 0 Å². The maximum Gasteiger partial charge on any atom is 0.343 e. The summed E-state index contributed by atoms with van der Waals surface area (Å²) in [4.78, 5) is 26.0. The molecule has 150 valence electrons. The molecule has 5 nitrogen and oxygen atoms in total. The van der Waals surface area contributed by atoms with E-state index in [4.69, 9.17) is 37.1 Å². The summed E-state index contributed by atoms with van der Waals surface area (Å²) >= 11 is 12.3. The molecular formula is C23H14Cl2O5. The van der Waals surface area contributed by atoms with E-state index in [1.807, 2.05) is 0 Å². The molecule has 1 aromatic heterocycles. The van der Waals surface area contributed by atoms with Crippen LogP contribution in [0.15, 0.2) is 75.9 Å². The molecule has 0 unspecified atom stereocenters. The lowest BCUT2D eigenvalue weighted by Crippen LogP contribution is -2.16. The average Bonchev–Trinajstić information content (AvgIpc) is 2.76. The number of hydrogen-bond donors (Lipinski definition) is 0. The van der Waals surface area contributed by atoms with Crippen LogP contribution >= 0.6 is 23.2 Å². The highest BCUT2D eigenvalue weighted by molar-refractivity contribution is 6.33. The number of carbonyl (C=O) groups is 1. The number of esters is 1. The second kappa shape index (κ2) is 8.22. The van der Waals surface area contributed by atoms with Crippen LogP contribution in [0.3, 0.4) is 0 Å². The van der Waals surface area contributed by atoms with Crippen molar-refractivity contribution >= 4 is 40.1 Å². The maximum atomic E-state index is 13.2. The monoisotopic (exact) mass is 440 g/mol. The van der Waals surface area contributed by atoms with Gasteiger partial charge in [-0.3, -0.25) is 4.79 Å². The Balaban J connectivity index is 1.91. The molecule has 0 radical (unpaired) electrons. The molecule has 4 aromatic rings. The van der Waals surface area contributed by atoms with E-state index in [2.05, 4.69) is 0 Å². The predicted molar refractivity (Wildman–Crippen MR) is 116 cm³/mol.